The molecule has 0 bridgehead atoms. The van der Waals surface area contributed by atoms with Gasteiger partial charge in [-0.05, 0) is 32.0 Å². The van der Waals surface area contributed by atoms with Gasteiger partial charge in [0, 0.05) is 6.42 Å². The Morgan fingerprint density at radius 1 is 1.35 bits per heavy atom. The molecule has 0 amide bonds. The van der Waals surface area contributed by atoms with Crippen LogP contribution >= 0.6 is 0 Å². The van der Waals surface area contributed by atoms with E-state index < -0.39 is 6.10 Å². The SMILES string of the molecule is CCN(CC)C1(C(O)C2=CCCO2)CCCC1. The summed E-state index contributed by atoms with van der Waals surface area (Å²) >= 11 is 0. The molecule has 1 unspecified atom stereocenters. The first-order valence-corrected chi connectivity index (χ1v) is 7.00. The van der Waals surface area contributed by atoms with Crippen LogP contribution in [0.15, 0.2) is 11.8 Å². The number of rotatable bonds is 5. The largest absolute Gasteiger partial charge is 0.495 e. The molecule has 3 nitrogen and oxygen atoms in total. The fourth-order valence-electron chi connectivity index (χ4n) is 3.50. The van der Waals surface area contributed by atoms with E-state index in [0.29, 0.717) is 0 Å². The third-order valence-corrected chi connectivity index (χ3v) is 4.37. The van der Waals surface area contributed by atoms with E-state index in [2.05, 4.69) is 24.8 Å². The molecular weight excluding hydrogens is 214 g/mol. The van der Waals surface area contributed by atoms with Crippen molar-refractivity contribution in [2.75, 3.05) is 19.7 Å². The van der Waals surface area contributed by atoms with Crippen molar-refractivity contribution >= 4 is 0 Å². The molecule has 1 fully saturated rings. The molecule has 0 spiro atoms. The summed E-state index contributed by atoms with van der Waals surface area (Å²) in [6.07, 6.45) is 7.20. The number of nitrogens with zero attached hydrogens (tertiary/aromatic N) is 1. The normalized spacial score (nSPS) is 24.8. The summed E-state index contributed by atoms with van der Waals surface area (Å²) in [5.41, 5.74) is -0.0698. The maximum Gasteiger partial charge on any atom is 0.129 e. The molecule has 1 saturated carbocycles. The number of hydrogen-bond acceptors (Lipinski definition) is 3. The first-order chi connectivity index (χ1) is 8.24. The number of hydrogen-bond donors (Lipinski definition) is 1. The second-order valence-corrected chi connectivity index (χ2v) is 5.13. The fourth-order valence-corrected chi connectivity index (χ4v) is 3.50. The van der Waals surface area contributed by atoms with E-state index in [9.17, 15) is 5.11 Å². The van der Waals surface area contributed by atoms with Gasteiger partial charge in [0.05, 0.1) is 12.1 Å². The Kier molecular flexibility index (Phi) is 4.10. The van der Waals surface area contributed by atoms with E-state index in [0.717, 1.165) is 44.7 Å². The van der Waals surface area contributed by atoms with E-state index in [1.165, 1.54) is 12.8 Å². The average molecular weight is 239 g/mol. The first kappa shape index (κ1) is 12.9. The van der Waals surface area contributed by atoms with Crippen LogP contribution in [0.5, 0.6) is 0 Å². The Hall–Kier alpha value is -0.540. The highest BCUT2D eigenvalue weighted by Crippen LogP contribution is 2.41. The molecule has 0 aromatic rings. The lowest BCUT2D eigenvalue weighted by Gasteiger charge is -2.43. The van der Waals surface area contributed by atoms with E-state index in [-0.39, 0.29) is 5.54 Å². The molecular formula is C14H25NO2. The summed E-state index contributed by atoms with van der Waals surface area (Å²) in [6.45, 7) is 7.10. The van der Waals surface area contributed by atoms with Crippen LogP contribution in [0, 0.1) is 0 Å². The Morgan fingerprint density at radius 3 is 2.47 bits per heavy atom. The number of likely N-dealkylation sites (N-methyl/N-ethyl adjacent to an activating group) is 1. The molecule has 0 saturated heterocycles. The lowest BCUT2D eigenvalue weighted by atomic mass is 9.86. The van der Waals surface area contributed by atoms with Crippen molar-refractivity contribution in [3.63, 3.8) is 0 Å². The van der Waals surface area contributed by atoms with Crippen LogP contribution in [-0.2, 0) is 4.74 Å². The van der Waals surface area contributed by atoms with Gasteiger partial charge in [-0.1, -0.05) is 26.7 Å². The molecule has 0 aromatic heterocycles. The maximum absolute atomic E-state index is 10.7. The highest BCUT2D eigenvalue weighted by Gasteiger charge is 2.46. The van der Waals surface area contributed by atoms with Crippen LogP contribution in [0.25, 0.3) is 0 Å². The molecule has 1 heterocycles. The van der Waals surface area contributed by atoms with Crippen molar-refractivity contribution in [1.29, 1.82) is 0 Å². The third kappa shape index (κ3) is 2.23. The summed E-state index contributed by atoms with van der Waals surface area (Å²) in [7, 11) is 0. The van der Waals surface area contributed by atoms with Crippen LogP contribution in [0.1, 0.15) is 46.0 Å². The molecule has 2 aliphatic rings. The van der Waals surface area contributed by atoms with Gasteiger partial charge in [-0.15, -0.1) is 0 Å². The molecule has 1 atom stereocenters. The summed E-state index contributed by atoms with van der Waals surface area (Å²) in [6, 6.07) is 0. The zero-order valence-electron chi connectivity index (χ0n) is 11.1. The van der Waals surface area contributed by atoms with Crippen LogP contribution in [-0.4, -0.2) is 41.3 Å². The van der Waals surface area contributed by atoms with Crippen LogP contribution in [0.3, 0.4) is 0 Å². The standard InChI is InChI=1S/C14H25NO2/c1-3-15(4-2)14(9-5-6-10-14)13(16)12-8-7-11-17-12/h8,13,16H,3-7,9-11H2,1-2H3. The highest BCUT2D eigenvalue weighted by molar-refractivity contribution is 5.15. The molecule has 17 heavy (non-hydrogen) atoms. The van der Waals surface area contributed by atoms with Gasteiger partial charge in [0.25, 0.3) is 0 Å². The van der Waals surface area contributed by atoms with Crippen LogP contribution in [0.2, 0.25) is 0 Å². The minimum atomic E-state index is -0.438. The zero-order valence-corrected chi connectivity index (χ0v) is 11.1. The van der Waals surface area contributed by atoms with Crippen molar-refractivity contribution in [1.82, 2.24) is 4.90 Å². The molecule has 0 radical (unpaired) electrons. The molecule has 0 aromatic carbocycles. The molecule has 2 rings (SSSR count). The van der Waals surface area contributed by atoms with Crippen molar-refractivity contribution in [2.45, 2.75) is 57.6 Å². The second kappa shape index (κ2) is 5.40. The predicted molar refractivity (Wildman–Crippen MR) is 68.8 cm³/mol. The summed E-state index contributed by atoms with van der Waals surface area (Å²) in [4.78, 5) is 2.42. The number of ether oxygens (including phenoxy) is 1. The van der Waals surface area contributed by atoms with Crippen molar-refractivity contribution in [3.8, 4) is 0 Å². The van der Waals surface area contributed by atoms with Gasteiger partial charge in [0.2, 0.25) is 0 Å². The monoisotopic (exact) mass is 239 g/mol. The maximum atomic E-state index is 10.7. The molecule has 1 aliphatic carbocycles. The van der Waals surface area contributed by atoms with Gasteiger partial charge >= 0.3 is 0 Å². The highest BCUT2D eigenvalue weighted by atomic mass is 16.5. The number of aliphatic hydroxyl groups excluding tert-OH is 1. The summed E-state index contributed by atoms with van der Waals surface area (Å²) in [5, 5.41) is 10.7. The molecule has 1 N–H and O–H groups in total. The molecule has 1 aliphatic heterocycles. The number of aliphatic hydroxyl groups is 1. The zero-order chi connectivity index (χ0) is 12.3. The van der Waals surface area contributed by atoms with Crippen molar-refractivity contribution in [2.24, 2.45) is 0 Å². The summed E-state index contributed by atoms with van der Waals surface area (Å²) in [5.74, 6) is 0.818. The van der Waals surface area contributed by atoms with E-state index in [1.54, 1.807) is 0 Å². The third-order valence-electron chi connectivity index (χ3n) is 4.37. The van der Waals surface area contributed by atoms with Crippen LogP contribution in [0.4, 0.5) is 0 Å². The lowest BCUT2D eigenvalue weighted by molar-refractivity contribution is -0.0304. The second-order valence-electron chi connectivity index (χ2n) is 5.13. The molecule has 98 valence electrons. The van der Waals surface area contributed by atoms with E-state index >= 15 is 0 Å². The quantitative estimate of drug-likeness (QED) is 0.799. The van der Waals surface area contributed by atoms with Gasteiger partial charge in [-0.3, -0.25) is 4.90 Å². The molecule has 3 heteroatoms. The minimum Gasteiger partial charge on any atom is -0.495 e. The van der Waals surface area contributed by atoms with Gasteiger partial charge < -0.3 is 9.84 Å². The predicted octanol–water partition coefficient (Wildman–Crippen LogP) is 2.31. The van der Waals surface area contributed by atoms with E-state index in [1.807, 2.05) is 0 Å². The topological polar surface area (TPSA) is 32.7 Å². The summed E-state index contributed by atoms with van der Waals surface area (Å²) < 4.78 is 5.58. The Balaban J connectivity index is 2.20. The van der Waals surface area contributed by atoms with Gasteiger partial charge in [0.15, 0.2) is 0 Å². The Labute approximate surface area is 104 Å². The minimum absolute atomic E-state index is 0.0698. The lowest BCUT2D eigenvalue weighted by Crippen LogP contribution is -2.55. The smallest absolute Gasteiger partial charge is 0.129 e. The Bertz CT molecular complexity index is 278. The van der Waals surface area contributed by atoms with Gasteiger partial charge in [-0.25, -0.2) is 0 Å². The average Bonchev–Trinajstić information content (AvgIpc) is 3.02. The van der Waals surface area contributed by atoms with Gasteiger partial charge in [-0.2, -0.15) is 0 Å². The van der Waals surface area contributed by atoms with Gasteiger partial charge in [0.1, 0.15) is 11.9 Å². The van der Waals surface area contributed by atoms with Crippen molar-refractivity contribution in [3.05, 3.63) is 11.8 Å². The first-order valence-electron chi connectivity index (χ1n) is 7.00. The Morgan fingerprint density at radius 2 is 2.00 bits per heavy atom. The van der Waals surface area contributed by atoms with Crippen LogP contribution < -0.4 is 0 Å². The fraction of sp³-hybridized carbons (Fsp3) is 0.857. The van der Waals surface area contributed by atoms with Crippen molar-refractivity contribution < 1.29 is 9.84 Å². The van der Waals surface area contributed by atoms with E-state index in [4.69, 9.17) is 4.74 Å².